The summed E-state index contributed by atoms with van der Waals surface area (Å²) in [6.07, 6.45) is 3.82. The van der Waals surface area contributed by atoms with Crippen LogP contribution < -0.4 is 0 Å². The van der Waals surface area contributed by atoms with Crippen molar-refractivity contribution in [1.29, 1.82) is 0 Å². The van der Waals surface area contributed by atoms with Gasteiger partial charge in [-0.1, -0.05) is 0 Å². The zero-order chi connectivity index (χ0) is 14.0. The fourth-order valence-electron chi connectivity index (χ4n) is 1.99. The second-order valence-corrected chi connectivity index (χ2v) is 6.12. The molecule has 5 heteroatoms. The maximum atomic E-state index is 12.4. The largest absolute Gasteiger partial charge is 0.389 e. The van der Waals surface area contributed by atoms with Crippen molar-refractivity contribution in [2.24, 2.45) is 0 Å². The van der Waals surface area contributed by atoms with Crippen LogP contribution in [0.2, 0.25) is 0 Å². The summed E-state index contributed by atoms with van der Waals surface area (Å²) in [5, 5.41) is 11.7. The van der Waals surface area contributed by atoms with E-state index in [2.05, 4.69) is 0 Å². The van der Waals surface area contributed by atoms with Crippen LogP contribution >= 0.6 is 11.3 Å². The van der Waals surface area contributed by atoms with Gasteiger partial charge in [-0.15, -0.1) is 11.3 Å². The number of rotatable bonds is 4. The van der Waals surface area contributed by atoms with Crippen LogP contribution in [0.3, 0.4) is 0 Å². The van der Waals surface area contributed by atoms with Crippen LogP contribution in [0.5, 0.6) is 0 Å². The number of aliphatic hydroxyl groups is 1. The minimum Gasteiger partial charge on any atom is -0.389 e. The highest BCUT2D eigenvalue weighted by Gasteiger charge is 2.23. The Kier molecular flexibility index (Phi) is 3.78. The van der Waals surface area contributed by atoms with Crippen LogP contribution in [-0.2, 0) is 0 Å². The second kappa shape index (κ2) is 5.19. The summed E-state index contributed by atoms with van der Waals surface area (Å²) in [6, 6.07) is 5.77. The molecular formula is C14H18N2O2S. The lowest BCUT2D eigenvalue weighted by molar-refractivity contribution is 0.0370. The van der Waals surface area contributed by atoms with Crippen LogP contribution in [0, 0.1) is 0 Å². The SMILES string of the molecule is CN(CC(C)(C)O)C(=O)c1sccc1-n1cccc1. The molecule has 2 heterocycles. The lowest BCUT2D eigenvalue weighted by atomic mass is 10.1. The molecule has 0 saturated carbocycles. The highest BCUT2D eigenvalue weighted by atomic mass is 32.1. The summed E-state index contributed by atoms with van der Waals surface area (Å²) in [5.74, 6) is -0.0687. The first-order valence-electron chi connectivity index (χ1n) is 6.07. The number of hydrogen-bond acceptors (Lipinski definition) is 3. The average molecular weight is 278 g/mol. The van der Waals surface area contributed by atoms with Gasteiger partial charge < -0.3 is 14.6 Å². The summed E-state index contributed by atoms with van der Waals surface area (Å²) < 4.78 is 1.92. The predicted molar refractivity (Wildman–Crippen MR) is 76.9 cm³/mol. The van der Waals surface area contributed by atoms with E-state index in [9.17, 15) is 9.90 Å². The van der Waals surface area contributed by atoms with E-state index in [1.165, 1.54) is 11.3 Å². The van der Waals surface area contributed by atoms with Crippen molar-refractivity contribution < 1.29 is 9.90 Å². The molecule has 102 valence electrons. The zero-order valence-electron chi connectivity index (χ0n) is 11.3. The Labute approximate surface area is 116 Å². The number of thiophene rings is 1. The minimum atomic E-state index is -0.894. The van der Waals surface area contributed by atoms with E-state index in [0.29, 0.717) is 11.4 Å². The Hall–Kier alpha value is -1.59. The summed E-state index contributed by atoms with van der Waals surface area (Å²) in [4.78, 5) is 14.6. The van der Waals surface area contributed by atoms with Gasteiger partial charge in [0, 0.05) is 26.0 Å². The number of carbonyl (C=O) groups excluding carboxylic acids is 1. The highest BCUT2D eigenvalue weighted by molar-refractivity contribution is 7.12. The molecule has 0 aliphatic heterocycles. The van der Waals surface area contributed by atoms with Gasteiger partial charge in [0.2, 0.25) is 0 Å². The predicted octanol–water partition coefficient (Wildman–Crippen LogP) is 2.38. The first kappa shape index (κ1) is 13.8. The smallest absolute Gasteiger partial charge is 0.265 e. The van der Waals surface area contributed by atoms with Crippen molar-refractivity contribution >= 4 is 17.2 Å². The molecule has 0 aliphatic carbocycles. The standard InChI is InChI=1S/C14H18N2O2S/c1-14(2,18)10-15(3)13(17)12-11(6-9-19-12)16-7-4-5-8-16/h4-9,18H,10H2,1-3H3. The van der Waals surface area contributed by atoms with Crippen LogP contribution in [-0.4, -0.2) is 39.7 Å². The van der Waals surface area contributed by atoms with Gasteiger partial charge in [-0.05, 0) is 37.4 Å². The molecule has 0 unspecified atom stereocenters. The summed E-state index contributed by atoms with van der Waals surface area (Å²) >= 11 is 1.42. The van der Waals surface area contributed by atoms with Crippen molar-refractivity contribution in [2.45, 2.75) is 19.4 Å². The van der Waals surface area contributed by atoms with Crippen LogP contribution in [0.1, 0.15) is 23.5 Å². The molecule has 0 aromatic carbocycles. The Morgan fingerprint density at radius 3 is 2.63 bits per heavy atom. The molecular weight excluding hydrogens is 260 g/mol. The van der Waals surface area contributed by atoms with E-state index in [0.717, 1.165) is 5.69 Å². The third-order valence-electron chi connectivity index (χ3n) is 2.69. The topological polar surface area (TPSA) is 45.5 Å². The fraction of sp³-hybridized carbons (Fsp3) is 0.357. The molecule has 0 fully saturated rings. The Balaban J connectivity index is 2.23. The number of aromatic nitrogens is 1. The molecule has 0 atom stereocenters. The molecule has 2 aromatic rings. The maximum absolute atomic E-state index is 12.4. The highest BCUT2D eigenvalue weighted by Crippen LogP contribution is 2.23. The van der Waals surface area contributed by atoms with Gasteiger partial charge in [-0.2, -0.15) is 0 Å². The normalized spacial score (nSPS) is 11.6. The van der Waals surface area contributed by atoms with Crippen molar-refractivity contribution in [3.8, 4) is 5.69 Å². The number of carbonyl (C=O) groups is 1. The summed E-state index contributed by atoms with van der Waals surface area (Å²) in [5.41, 5.74) is -0.0162. The molecule has 0 bridgehead atoms. The molecule has 0 aliphatic rings. The lowest BCUT2D eigenvalue weighted by Gasteiger charge is -2.25. The molecule has 2 rings (SSSR count). The average Bonchev–Trinajstić information content (AvgIpc) is 2.96. The van der Waals surface area contributed by atoms with Crippen molar-refractivity contribution in [2.75, 3.05) is 13.6 Å². The first-order valence-corrected chi connectivity index (χ1v) is 6.95. The van der Waals surface area contributed by atoms with E-state index in [-0.39, 0.29) is 5.91 Å². The lowest BCUT2D eigenvalue weighted by Crippen LogP contribution is -2.39. The van der Waals surface area contributed by atoms with Crippen LogP contribution in [0.4, 0.5) is 0 Å². The van der Waals surface area contributed by atoms with E-state index in [1.807, 2.05) is 40.5 Å². The Bertz CT molecular complexity index is 552. The van der Waals surface area contributed by atoms with Crippen molar-refractivity contribution in [3.05, 3.63) is 40.8 Å². The Morgan fingerprint density at radius 1 is 1.42 bits per heavy atom. The second-order valence-electron chi connectivity index (χ2n) is 5.20. The van der Waals surface area contributed by atoms with Crippen molar-refractivity contribution in [1.82, 2.24) is 9.47 Å². The van der Waals surface area contributed by atoms with Gasteiger partial charge in [0.05, 0.1) is 11.3 Å². The molecule has 4 nitrogen and oxygen atoms in total. The molecule has 0 saturated heterocycles. The van der Waals surface area contributed by atoms with Gasteiger partial charge >= 0.3 is 0 Å². The molecule has 2 aromatic heterocycles. The van der Waals surface area contributed by atoms with E-state index >= 15 is 0 Å². The monoisotopic (exact) mass is 278 g/mol. The van der Waals surface area contributed by atoms with Gasteiger partial charge in [0.15, 0.2) is 0 Å². The van der Waals surface area contributed by atoms with E-state index < -0.39 is 5.60 Å². The fourth-order valence-corrected chi connectivity index (χ4v) is 2.87. The maximum Gasteiger partial charge on any atom is 0.265 e. The number of amides is 1. The van der Waals surface area contributed by atoms with E-state index in [4.69, 9.17) is 0 Å². The third-order valence-corrected chi connectivity index (χ3v) is 3.58. The molecule has 1 amide bonds. The molecule has 19 heavy (non-hydrogen) atoms. The van der Waals surface area contributed by atoms with E-state index in [1.54, 1.807) is 25.8 Å². The molecule has 0 radical (unpaired) electrons. The molecule has 0 spiro atoms. The van der Waals surface area contributed by atoms with Gasteiger partial charge in [-0.3, -0.25) is 4.79 Å². The molecule has 1 N–H and O–H groups in total. The van der Waals surface area contributed by atoms with Crippen LogP contribution in [0.25, 0.3) is 5.69 Å². The van der Waals surface area contributed by atoms with Gasteiger partial charge in [-0.25, -0.2) is 0 Å². The quantitative estimate of drug-likeness (QED) is 0.933. The summed E-state index contributed by atoms with van der Waals surface area (Å²) in [7, 11) is 1.71. The Morgan fingerprint density at radius 2 is 2.05 bits per heavy atom. The van der Waals surface area contributed by atoms with Gasteiger partial charge in [0.1, 0.15) is 4.88 Å². The number of nitrogens with zero attached hydrogens (tertiary/aromatic N) is 2. The third kappa shape index (κ3) is 3.24. The summed E-state index contributed by atoms with van der Waals surface area (Å²) in [6.45, 7) is 3.69. The number of likely N-dealkylation sites (N-methyl/N-ethyl adjacent to an activating group) is 1. The van der Waals surface area contributed by atoms with Crippen molar-refractivity contribution in [3.63, 3.8) is 0 Å². The number of hydrogen-bond donors (Lipinski definition) is 1. The van der Waals surface area contributed by atoms with Crippen LogP contribution in [0.15, 0.2) is 36.0 Å². The first-order chi connectivity index (χ1) is 8.88. The minimum absolute atomic E-state index is 0.0687. The van der Waals surface area contributed by atoms with Gasteiger partial charge in [0.25, 0.3) is 5.91 Å². The zero-order valence-corrected chi connectivity index (χ0v) is 12.1.